The van der Waals surface area contributed by atoms with E-state index in [1.165, 1.54) is 0 Å². The van der Waals surface area contributed by atoms with E-state index in [9.17, 15) is 13.8 Å². The molecule has 0 bridgehead atoms. The van der Waals surface area contributed by atoms with Gasteiger partial charge in [-0.2, -0.15) is 0 Å². The maximum absolute atomic E-state index is 11.7. The van der Waals surface area contributed by atoms with Gasteiger partial charge in [-0.3, -0.25) is 4.79 Å². The molecule has 1 atom stereocenters. The fourth-order valence-corrected chi connectivity index (χ4v) is 2.68. The summed E-state index contributed by atoms with van der Waals surface area (Å²) in [5.74, 6) is 0.595. The van der Waals surface area contributed by atoms with E-state index in [2.05, 4.69) is 0 Å². The van der Waals surface area contributed by atoms with Gasteiger partial charge in [0.1, 0.15) is 16.6 Å². The molecule has 0 spiro atoms. The Morgan fingerprint density at radius 3 is 2.12 bits per heavy atom. The Labute approximate surface area is 106 Å². The summed E-state index contributed by atoms with van der Waals surface area (Å²) in [6, 6.07) is 0. The number of Topliss-reactive ketones (excluding diaryl/α,β-unsaturated/α-hetero) is 1. The maximum atomic E-state index is 11.7. The molecule has 0 saturated heterocycles. The van der Waals surface area contributed by atoms with Crippen molar-refractivity contribution in [2.45, 2.75) is 46.5 Å². The van der Waals surface area contributed by atoms with E-state index in [1.54, 1.807) is 11.8 Å². The third-order valence-corrected chi connectivity index (χ3v) is 3.88. The molecular formula is C12H23NO3S. The van der Waals surface area contributed by atoms with Crippen molar-refractivity contribution in [1.29, 1.82) is 0 Å². The maximum Gasteiger partial charge on any atom is 0.311 e. The van der Waals surface area contributed by atoms with Crippen LogP contribution in [0.15, 0.2) is 0 Å². The average Bonchev–Trinajstić information content (AvgIpc) is 2.29. The molecule has 0 rings (SSSR count). The van der Waals surface area contributed by atoms with Gasteiger partial charge in [-0.1, -0.05) is 6.42 Å². The smallest absolute Gasteiger partial charge is 0.311 e. The molecule has 0 saturated carbocycles. The molecule has 0 aliphatic rings. The summed E-state index contributed by atoms with van der Waals surface area (Å²) in [6.45, 7) is 6.54. The van der Waals surface area contributed by atoms with Crippen molar-refractivity contribution in [2.24, 2.45) is 0 Å². The van der Waals surface area contributed by atoms with Gasteiger partial charge in [-0.05, 0) is 33.6 Å². The third-order valence-electron chi connectivity index (χ3n) is 2.57. The van der Waals surface area contributed by atoms with E-state index in [1.807, 2.05) is 13.8 Å². The summed E-state index contributed by atoms with van der Waals surface area (Å²) in [4.78, 5) is 23.9. The van der Waals surface area contributed by atoms with Gasteiger partial charge in [-0.15, -0.1) is 0 Å². The highest BCUT2D eigenvalue weighted by molar-refractivity contribution is 8.00. The zero-order chi connectivity index (χ0) is 13.3. The average molecular weight is 261 g/mol. The molecule has 0 aliphatic heterocycles. The second-order valence-corrected chi connectivity index (χ2v) is 5.45. The predicted octanol–water partition coefficient (Wildman–Crippen LogP) is 2.35. The Morgan fingerprint density at radius 1 is 1.06 bits per heavy atom. The van der Waals surface area contributed by atoms with Crippen LogP contribution in [0, 0.1) is 0 Å². The number of nitrogens with zero attached hydrogens (tertiary/aromatic N) is 1. The lowest BCUT2D eigenvalue weighted by Crippen LogP contribution is -2.33. The Kier molecular flexibility index (Phi) is 8.94. The van der Waals surface area contributed by atoms with E-state index in [0.29, 0.717) is 25.3 Å². The first kappa shape index (κ1) is 16.3. The van der Waals surface area contributed by atoms with Crippen LogP contribution in [0.2, 0.25) is 0 Å². The second-order valence-electron chi connectivity index (χ2n) is 4.00. The Bertz CT molecular complexity index is 275. The van der Waals surface area contributed by atoms with Gasteiger partial charge in [0.15, 0.2) is 0 Å². The number of hydrogen-bond acceptors (Lipinski definition) is 3. The number of hydrogen-bond donors (Lipinski definition) is 0. The highest BCUT2D eigenvalue weighted by atomic mass is 32.2. The largest absolute Gasteiger partial charge is 0.332 e. The van der Waals surface area contributed by atoms with Crippen molar-refractivity contribution >= 4 is 21.8 Å². The van der Waals surface area contributed by atoms with Crippen molar-refractivity contribution in [2.75, 3.05) is 18.8 Å². The van der Waals surface area contributed by atoms with Gasteiger partial charge in [0.25, 0.3) is 0 Å². The number of amides is 1. The van der Waals surface area contributed by atoms with Crippen LogP contribution in [-0.2, 0) is 15.6 Å². The van der Waals surface area contributed by atoms with Crippen LogP contribution in [0.4, 0.5) is 4.79 Å². The van der Waals surface area contributed by atoms with Crippen LogP contribution in [0.25, 0.3) is 0 Å². The molecule has 17 heavy (non-hydrogen) atoms. The Hall–Kier alpha value is -0.710. The lowest BCUT2D eigenvalue weighted by molar-refractivity contribution is -0.117. The Morgan fingerprint density at radius 2 is 1.65 bits per heavy atom. The van der Waals surface area contributed by atoms with Crippen molar-refractivity contribution < 1.29 is 13.8 Å². The van der Waals surface area contributed by atoms with Crippen molar-refractivity contribution in [3.05, 3.63) is 0 Å². The molecule has 0 aromatic heterocycles. The minimum absolute atomic E-state index is 0.185. The third kappa shape index (κ3) is 7.26. The van der Waals surface area contributed by atoms with Crippen LogP contribution in [-0.4, -0.2) is 39.0 Å². The molecule has 0 aromatic rings. The van der Waals surface area contributed by atoms with Crippen molar-refractivity contribution in [1.82, 2.24) is 4.90 Å². The van der Waals surface area contributed by atoms with Gasteiger partial charge < -0.3 is 9.69 Å². The molecule has 0 aromatic carbocycles. The molecule has 5 heteroatoms. The summed E-state index contributed by atoms with van der Waals surface area (Å²) in [7, 11) is -1.41. The number of carbonyl (C=O) groups excluding carboxylic acids is 2. The van der Waals surface area contributed by atoms with E-state index in [0.717, 1.165) is 19.3 Å². The number of rotatable bonds is 8. The minimum Gasteiger partial charge on any atom is -0.332 e. The molecule has 0 fully saturated rings. The molecule has 1 amide bonds. The molecule has 1 unspecified atom stereocenters. The summed E-state index contributed by atoms with van der Waals surface area (Å²) in [6.07, 6.45) is 3.01. The highest BCUT2D eigenvalue weighted by Gasteiger charge is 2.16. The standard InChI is InChI=1S/C12H23NO3S/c1-4-13(5-2)12(15)17(16)10-8-6-7-9-11(3)14/h4-10H2,1-3H3. The van der Waals surface area contributed by atoms with Crippen LogP contribution in [0.1, 0.15) is 46.5 Å². The summed E-state index contributed by atoms with van der Waals surface area (Å²) in [5, 5.41) is -0.262. The van der Waals surface area contributed by atoms with Gasteiger partial charge >= 0.3 is 5.24 Å². The fraction of sp³-hybridized carbons (Fsp3) is 0.833. The first-order chi connectivity index (χ1) is 8.02. The lowest BCUT2D eigenvalue weighted by atomic mass is 10.2. The minimum atomic E-state index is -1.41. The summed E-state index contributed by atoms with van der Waals surface area (Å²) >= 11 is 0. The number of ketones is 1. The topological polar surface area (TPSA) is 54.5 Å². The molecule has 0 N–H and O–H groups in total. The highest BCUT2D eigenvalue weighted by Crippen LogP contribution is 2.04. The second kappa shape index (κ2) is 9.33. The lowest BCUT2D eigenvalue weighted by Gasteiger charge is -2.17. The molecule has 4 nitrogen and oxygen atoms in total. The number of carbonyl (C=O) groups is 2. The van der Waals surface area contributed by atoms with E-state index >= 15 is 0 Å². The zero-order valence-corrected chi connectivity index (χ0v) is 11.8. The van der Waals surface area contributed by atoms with Crippen molar-refractivity contribution in [3.8, 4) is 0 Å². The molecule has 0 radical (unpaired) electrons. The zero-order valence-electron chi connectivity index (χ0n) is 11.0. The summed E-state index contributed by atoms with van der Waals surface area (Å²) in [5.41, 5.74) is 0. The van der Waals surface area contributed by atoms with Crippen LogP contribution in [0.3, 0.4) is 0 Å². The SMILES string of the molecule is CCN(CC)C(=O)S(=O)CCCCCC(C)=O. The Balaban J connectivity index is 3.78. The molecule has 0 heterocycles. The quantitative estimate of drug-likeness (QED) is 0.630. The fourth-order valence-electron chi connectivity index (χ4n) is 1.50. The van der Waals surface area contributed by atoms with Gasteiger partial charge in [0.2, 0.25) is 0 Å². The van der Waals surface area contributed by atoms with E-state index < -0.39 is 10.8 Å². The van der Waals surface area contributed by atoms with Crippen LogP contribution in [0.5, 0.6) is 0 Å². The first-order valence-electron chi connectivity index (χ1n) is 6.19. The van der Waals surface area contributed by atoms with E-state index in [-0.39, 0.29) is 11.0 Å². The molecule has 0 aliphatic carbocycles. The van der Waals surface area contributed by atoms with Crippen LogP contribution >= 0.6 is 0 Å². The molecular weight excluding hydrogens is 238 g/mol. The summed E-state index contributed by atoms with van der Waals surface area (Å²) < 4.78 is 11.7. The van der Waals surface area contributed by atoms with Gasteiger partial charge in [-0.25, -0.2) is 4.21 Å². The van der Waals surface area contributed by atoms with E-state index in [4.69, 9.17) is 0 Å². The first-order valence-corrected chi connectivity index (χ1v) is 7.51. The van der Waals surface area contributed by atoms with Gasteiger partial charge in [0, 0.05) is 25.3 Å². The van der Waals surface area contributed by atoms with Crippen molar-refractivity contribution in [3.63, 3.8) is 0 Å². The monoisotopic (exact) mass is 261 g/mol. The van der Waals surface area contributed by atoms with Crippen LogP contribution < -0.4 is 0 Å². The predicted molar refractivity (Wildman–Crippen MR) is 70.5 cm³/mol. The number of unbranched alkanes of at least 4 members (excludes halogenated alkanes) is 2. The molecule has 100 valence electrons. The van der Waals surface area contributed by atoms with Gasteiger partial charge in [0.05, 0.1) is 0 Å². The normalized spacial score (nSPS) is 12.2.